The topological polar surface area (TPSA) is 68.2 Å². The van der Waals surface area contributed by atoms with Gasteiger partial charge in [0.15, 0.2) is 5.75 Å². The minimum Gasteiger partial charge on any atom is -0.490 e. The Labute approximate surface area is 223 Å². The first-order valence-corrected chi connectivity index (χ1v) is 12.9. The van der Waals surface area contributed by atoms with E-state index in [1.54, 1.807) is 26.0 Å². The zero-order valence-electron chi connectivity index (χ0n) is 21.1. The highest BCUT2D eigenvalue weighted by Crippen LogP contribution is 2.45. The van der Waals surface area contributed by atoms with E-state index < -0.39 is 28.1 Å². The van der Waals surface area contributed by atoms with Gasteiger partial charge in [0.25, 0.3) is 0 Å². The highest BCUT2D eigenvalue weighted by Gasteiger charge is 2.34. The fraction of sp³-hybridized carbons (Fsp3) is 0.321. The highest BCUT2D eigenvalue weighted by molar-refractivity contribution is 7.97. The predicted molar refractivity (Wildman–Crippen MR) is 139 cm³/mol. The molecule has 1 aliphatic rings. The number of carbonyl (C=O) groups excluding carboxylic acids is 1. The molecule has 1 atom stereocenters. The molecule has 0 heterocycles. The summed E-state index contributed by atoms with van der Waals surface area (Å²) in [5.41, 5.74) is -2.71. The molecule has 0 radical (unpaired) electrons. The average Bonchev–Trinajstić information content (AvgIpc) is 2.82. The summed E-state index contributed by atoms with van der Waals surface area (Å²) in [5.74, 6) is -0.619. The van der Waals surface area contributed by atoms with Crippen molar-refractivity contribution in [3.8, 4) is 17.2 Å². The van der Waals surface area contributed by atoms with E-state index in [9.17, 15) is 23.2 Å². The fourth-order valence-electron chi connectivity index (χ4n) is 4.44. The van der Waals surface area contributed by atoms with E-state index >= 15 is 0 Å². The molecule has 0 spiro atoms. The molecule has 0 aromatic heterocycles. The smallest absolute Gasteiger partial charge is 0.461 e. The van der Waals surface area contributed by atoms with Crippen LogP contribution in [-0.4, -0.2) is 27.4 Å². The number of halogens is 3. The van der Waals surface area contributed by atoms with Crippen LogP contribution in [0.2, 0.25) is 0 Å². The maximum atomic E-state index is 13.3. The van der Waals surface area contributed by atoms with Gasteiger partial charge in [0.2, 0.25) is 0 Å². The van der Waals surface area contributed by atoms with E-state index in [1.807, 2.05) is 37.3 Å². The van der Waals surface area contributed by atoms with Gasteiger partial charge in [-0.15, -0.1) is 0 Å². The normalized spacial score (nSPS) is 16.0. The third kappa shape index (κ3) is 7.21. The molecular weight excluding hydrogens is 519 g/mol. The van der Waals surface area contributed by atoms with Crippen molar-refractivity contribution in [1.82, 2.24) is 4.63 Å². The number of allylic oxidation sites excluding steroid dienone is 2. The molecule has 1 aliphatic carbocycles. The maximum Gasteiger partial charge on any atom is 0.461 e. The summed E-state index contributed by atoms with van der Waals surface area (Å²) in [6, 6.07) is 15.4. The van der Waals surface area contributed by atoms with Crippen LogP contribution >= 0.6 is 11.9 Å². The number of rotatable bonds is 8. The summed E-state index contributed by atoms with van der Waals surface area (Å²) in [7, 11) is 0. The fourth-order valence-corrected chi connectivity index (χ4v) is 4.74. The zero-order chi connectivity index (χ0) is 27.4. The second-order valence-corrected chi connectivity index (χ2v) is 10.3. The van der Waals surface area contributed by atoms with Crippen LogP contribution in [0.5, 0.6) is 17.2 Å². The molecule has 0 saturated heterocycles. The van der Waals surface area contributed by atoms with Crippen molar-refractivity contribution in [2.24, 2.45) is 0 Å². The number of hydrogen-bond donors (Lipinski definition) is 1. The van der Waals surface area contributed by atoms with Gasteiger partial charge in [0.1, 0.15) is 23.4 Å². The van der Waals surface area contributed by atoms with Gasteiger partial charge >= 0.3 is 11.5 Å². The lowest BCUT2D eigenvalue weighted by Gasteiger charge is -2.26. The zero-order valence-corrected chi connectivity index (χ0v) is 21.9. The molecule has 202 valence electrons. The Kier molecular flexibility index (Phi) is 8.54. The first-order valence-electron chi connectivity index (χ1n) is 12.1. The van der Waals surface area contributed by atoms with Crippen molar-refractivity contribution in [3.05, 3.63) is 77.4 Å². The second-order valence-electron chi connectivity index (χ2n) is 9.33. The molecule has 1 unspecified atom stereocenters. The molecule has 38 heavy (non-hydrogen) atoms. The lowest BCUT2D eigenvalue weighted by molar-refractivity contribution is -0.199. The van der Waals surface area contributed by atoms with Gasteiger partial charge in [0, 0.05) is 23.6 Å². The largest absolute Gasteiger partial charge is 0.490 e. The lowest BCUT2D eigenvalue weighted by atomic mass is 9.85. The molecule has 0 amide bonds. The summed E-state index contributed by atoms with van der Waals surface area (Å²) >= 11 is -0.870. The Morgan fingerprint density at radius 1 is 1.08 bits per heavy atom. The van der Waals surface area contributed by atoms with Crippen LogP contribution in [0.25, 0.3) is 10.8 Å². The summed E-state index contributed by atoms with van der Waals surface area (Å²) < 4.78 is 49.7. The van der Waals surface area contributed by atoms with Crippen molar-refractivity contribution in [2.45, 2.75) is 57.6 Å². The number of alkyl halides is 3. The second kappa shape index (κ2) is 11.7. The van der Waals surface area contributed by atoms with Crippen LogP contribution in [-0.2, 0) is 0 Å². The van der Waals surface area contributed by atoms with Crippen LogP contribution in [0.4, 0.5) is 13.2 Å². The number of benzene rings is 3. The Hall–Kier alpha value is -3.21. The molecular formula is C28H28F3NO5S. The predicted octanol–water partition coefficient (Wildman–Crippen LogP) is 8.21. The quantitative estimate of drug-likeness (QED) is 0.100. The third-order valence-corrected chi connectivity index (χ3v) is 6.37. The molecule has 4 rings (SSSR count). The number of nitrogens with zero attached hydrogens (tertiary/aromatic N) is 1. The van der Waals surface area contributed by atoms with E-state index in [1.165, 1.54) is 17.7 Å². The van der Waals surface area contributed by atoms with E-state index in [-0.39, 0.29) is 23.5 Å². The molecule has 1 N–H and O–H groups in total. The first kappa shape index (κ1) is 27.8. The van der Waals surface area contributed by atoms with Crippen molar-refractivity contribution in [2.75, 3.05) is 0 Å². The number of fused-ring (bicyclic) bond motifs is 1. The van der Waals surface area contributed by atoms with Crippen molar-refractivity contribution in [1.29, 1.82) is 0 Å². The molecule has 6 nitrogen and oxygen atoms in total. The molecule has 0 aliphatic heterocycles. The summed E-state index contributed by atoms with van der Waals surface area (Å²) in [4.78, 5) is 18.3. The summed E-state index contributed by atoms with van der Waals surface area (Å²) in [5, 5.41) is 11.5. The van der Waals surface area contributed by atoms with Crippen LogP contribution in [0.1, 0.15) is 61.9 Å². The number of carbonyl (C=O) groups is 1. The van der Waals surface area contributed by atoms with Crippen molar-refractivity contribution < 1.29 is 37.5 Å². The Balaban J connectivity index is 1.76. The van der Waals surface area contributed by atoms with E-state index in [2.05, 4.69) is 6.08 Å². The molecule has 3 aromatic carbocycles. The molecule has 10 heteroatoms. The van der Waals surface area contributed by atoms with Gasteiger partial charge in [0.05, 0.1) is 16.3 Å². The molecule has 3 aromatic rings. The summed E-state index contributed by atoms with van der Waals surface area (Å²) in [6.07, 6.45) is 4.41. The van der Waals surface area contributed by atoms with Gasteiger partial charge in [-0.3, -0.25) is 5.21 Å². The molecule has 0 saturated carbocycles. The van der Waals surface area contributed by atoms with Crippen LogP contribution < -0.4 is 14.3 Å². The van der Waals surface area contributed by atoms with Gasteiger partial charge in [-0.2, -0.15) is 13.2 Å². The van der Waals surface area contributed by atoms with Crippen LogP contribution in [0.3, 0.4) is 0 Å². The summed E-state index contributed by atoms with van der Waals surface area (Å²) in [6.45, 7) is 5.63. The Morgan fingerprint density at radius 3 is 2.47 bits per heavy atom. The van der Waals surface area contributed by atoms with E-state index in [4.69, 9.17) is 14.3 Å². The van der Waals surface area contributed by atoms with E-state index in [0.717, 1.165) is 30.0 Å². The SMILES string of the molecule is CC1=CC(c2c(OC(=O)c3ccc4ccccc4c3)cc(ON(O)SC(F)(F)F)cc2OC(C)C)CCC1. The van der Waals surface area contributed by atoms with Crippen LogP contribution in [0, 0.1) is 0 Å². The van der Waals surface area contributed by atoms with Crippen molar-refractivity contribution in [3.63, 3.8) is 0 Å². The van der Waals surface area contributed by atoms with Crippen LogP contribution in [0.15, 0.2) is 66.2 Å². The van der Waals surface area contributed by atoms with Gasteiger partial charge in [-0.25, -0.2) is 4.79 Å². The number of ether oxygens (including phenoxy) is 2. The first-order chi connectivity index (χ1) is 18.0. The minimum atomic E-state index is -4.78. The maximum absolute atomic E-state index is 13.3. The third-order valence-electron chi connectivity index (χ3n) is 5.94. The van der Waals surface area contributed by atoms with Gasteiger partial charge in [-0.05, 0) is 62.9 Å². The van der Waals surface area contributed by atoms with Gasteiger partial charge < -0.3 is 14.3 Å². The number of esters is 1. The molecule has 0 bridgehead atoms. The lowest BCUT2D eigenvalue weighted by Crippen LogP contribution is -2.21. The highest BCUT2D eigenvalue weighted by atomic mass is 32.2. The Bertz CT molecular complexity index is 1340. The van der Waals surface area contributed by atoms with Crippen molar-refractivity contribution >= 4 is 28.7 Å². The molecule has 0 fully saturated rings. The standard InChI is InChI=1S/C28H28F3NO5S/c1-17(2)35-24-15-23(37-32(34)38-28(29,30)31)16-25(26(24)21-10-6-7-18(3)13-21)36-27(33)22-12-11-19-8-4-5-9-20(19)14-22/h4-5,8-9,11-17,21,34H,6-7,10H2,1-3H3. The van der Waals surface area contributed by atoms with Gasteiger partial charge in [-0.1, -0.05) is 42.0 Å². The minimum absolute atomic E-state index is 0.0812. The average molecular weight is 548 g/mol. The number of hydrogen-bond acceptors (Lipinski definition) is 7. The monoisotopic (exact) mass is 547 g/mol. The Morgan fingerprint density at radius 2 is 1.79 bits per heavy atom. The van der Waals surface area contributed by atoms with E-state index in [0.29, 0.717) is 16.9 Å².